The van der Waals surface area contributed by atoms with Crippen molar-refractivity contribution >= 4 is 16.9 Å². The molecule has 1 aliphatic rings. The minimum absolute atomic E-state index is 0.0144. The minimum atomic E-state index is -0.773. The summed E-state index contributed by atoms with van der Waals surface area (Å²) in [5.74, 6) is 0.155. The lowest BCUT2D eigenvalue weighted by Crippen LogP contribution is -2.09. The lowest BCUT2D eigenvalue weighted by atomic mass is 10.1. The van der Waals surface area contributed by atoms with Crippen LogP contribution in [0.5, 0.6) is 0 Å². The van der Waals surface area contributed by atoms with Gasteiger partial charge in [0.05, 0.1) is 12.0 Å². The first-order chi connectivity index (χ1) is 13.6. The highest BCUT2D eigenvalue weighted by Gasteiger charge is 2.26. The Kier molecular flexibility index (Phi) is 3.75. The Morgan fingerprint density at radius 2 is 2.14 bits per heavy atom. The zero-order valence-corrected chi connectivity index (χ0v) is 15.3. The predicted molar refractivity (Wildman–Crippen MR) is 103 cm³/mol. The van der Waals surface area contributed by atoms with Crippen LogP contribution in [0, 0.1) is 6.92 Å². The molecule has 4 heterocycles. The molecule has 0 spiro atoms. The van der Waals surface area contributed by atoms with Crippen molar-refractivity contribution in [3.05, 3.63) is 54.0 Å². The molecular formula is C21H18N4O3. The zero-order chi connectivity index (χ0) is 19.3. The molecule has 0 saturated carbocycles. The van der Waals surface area contributed by atoms with Crippen LogP contribution in [0.25, 0.3) is 33.7 Å². The Balaban J connectivity index is 1.55. The minimum Gasteiger partial charge on any atom is -0.481 e. The van der Waals surface area contributed by atoms with Gasteiger partial charge in [0.1, 0.15) is 0 Å². The van der Waals surface area contributed by atoms with E-state index in [9.17, 15) is 9.90 Å². The fourth-order valence-corrected chi connectivity index (χ4v) is 4.01. The van der Waals surface area contributed by atoms with Gasteiger partial charge in [0.25, 0.3) is 5.89 Å². The van der Waals surface area contributed by atoms with E-state index in [0.29, 0.717) is 11.7 Å². The van der Waals surface area contributed by atoms with Crippen molar-refractivity contribution in [3.63, 3.8) is 0 Å². The lowest BCUT2D eigenvalue weighted by molar-refractivity contribution is -0.137. The van der Waals surface area contributed by atoms with Crippen molar-refractivity contribution < 1.29 is 14.4 Å². The third kappa shape index (κ3) is 2.76. The summed E-state index contributed by atoms with van der Waals surface area (Å²) in [5.41, 5.74) is 4.83. The molecule has 1 atom stereocenters. The first-order valence-corrected chi connectivity index (χ1v) is 9.20. The van der Waals surface area contributed by atoms with Crippen LogP contribution in [0.3, 0.4) is 0 Å². The lowest BCUT2D eigenvalue weighted by Gasteiger charge is -2.13. The number of benzene rings is 1. The first kappa shape index (κ1) is 16.7. The fourth-order valence-electron chi connectivity index (χ4n) is 4.01. The molecule has 140 valence electrons. The maximum absolute atomic E-state index is 11.2. The average molecular weight is 374 g/mol. The highest BCUT2D eigenvalue weighted by atomic mass is 16.5. The second-order valence-electron chi connectivity index (χ2n) is 7.24. The summed E-state index contributed by atoms with van der Waals surface area (Å²) in [6.45, 7) is 1.96. The van der Waals surface area contributed by atoms with E-state index in [0.717, 1.165) is 40.4 Å². The number of rotatable bonds is 4. The Morgan fingerprint density at radius 3 is 2.96 bits per heavy atom. The molecule has 3 aromatic heterocycles. The van der Waals surface area contributed by atoms with Gasteiger partial charge in [-0.25, -0.2) is 0 Å². The Hall–Kier alpha value is -3.48. The van der Waals surface area contributed by atoms with Gasteiger partial charge in [-0.1, -0.05) is 17.3 Å². The van der Waals surface area contributed by atoms with Crippen LogP contribution in [0.4, 0.5) is 0 Å². The maximum atomic E-state index is 11.2. The summed E-state index contributed by atoms with van der Waals surface area (Å²) < 4.78 is 7.59. The molecule has 1 N–H and O–H groups in total. The van der Waals surface area contributed by atoms with Crippen molar-refractivity contribution in [2.45, 2.75) is 32.2 Å². The van der Waals surface area contributed by atoms with Gasteiger partial charge in [-0.2, -0.15) is 4.98 Å². The Labute approximate surface area is 160 Å². The molecule has 0 radical (unpaired) electrons. The normalized spacial score (nSPS) is 15.8. The van der Waals surface area contributed by atoms with Gasteiger partial charge in [0, 0.05) is 35.2 Å². The monoisotopic (exact) mass is 374 g/mol. The molecule has 0 bridgehead atoms. The number of hydrogen-bond acceptors (Lipinski definition) is 5. The van der Waals surface area contributed by atoms with E-state index in [2.05, 4.69) is 25.8 Å². The van der Waals surface area contributed by atoms with Crippen molar-refractivity contribution in [1.29, 1.82) is 0 Å². The van der Waals surface area contributed by atoms with Gasteiger partial charge in [0.15, 0.2) is 0 Å². The van der Waals surface area contributed by atoms with E-state index in [1.165, 1.54) is 5.69 Å². The number of carboxylic acid groups (broad SMARTS) is 1. The molecule has 1 aromatic carbocycles. The van der Waals surface area contributed by atoms with Gasteiger partial charge in [-0.3, -0.25) is 9.78 Å². The third-order valence-corrected chi connectivity index (χ3v) is 5.24. The summed E-state index contributed by atoms with van der Waals surface area (Å²) in [6.07, 6.45) is 5.36. The highest BCUT2D eigenvalue weighted by molar-refractivity contribution is 5.86. The van der Waals surface area contributed by atoms with Crippen LogP contribution < -0.4 is 0 Å². The van der Waals surface area contributed by atoms with Crippen LogP contribution in [0.2, 0.25) is 0 Å². The van der Waals surface area contributed by atoms with Crippen molar-refractivity contribution in [2.24, 2.45) is 0 Å². The van der Waals surface area contributed by atoms with Crippen molar-refractivity contribution in [1.82, 2.24) is 19.7 Å². The summed E-state index contributed by atoms with van der Waals surface area (Å²) in [4.78, 5) is 19.9. The van der Waals surface area contributed by atoms with Gasteiger partial charge in [-0.05, 0) is 48.9 Å². The predicted octanol–water partition coefficient (Wildman–Crippen LogP) is 4.02. The number of aryl methyl sites for hydroxylation is 2. The summed E-state index contributed by atoms with van der Waals surface area (Å²) in [7, 11) is 0. The van der Waals surface area contributed by atoms with E-state index in [-0.39, 0.29) is 12.5 Å². The van der Waals surface area contributed by atoms with E-state index < -0.39 is 5.97 Å². The first-order valence-electron chi connectivity index (χ1n) is 9.20. The Morgan fingerprint density at radius 1 is 1.25 bits per heavy atom. The van der Waals surface area contributed by atoms with Crippen molar-refractivity contribution in [3.8, 4) is 22.8 Å². The highest BCUT2D eigenvalue weighted by Crippen LogP contribution is 2.36. The van der Waals surface area contributed by atoms with Crippen LogP contribution in [0.1, 0.15) is 30.1 Å². The van der Waals surface area contributed by atoms with E-state index >= 15 is 0 Å². The Bertz CT molecular complexity index is 1210. The molecule has 4 aromatic rings. The van der Waals surface area contributed by atoms with E-state index in [1.54, 1.807) is 12.4 Å². The van der Waals surface area contributed by atoms with Crippen LogP contribution in [0.15, 0.2) is 47.2 Å². The number of aromatic nitrogens is 4. The van der Waals surface area contributed by atoms with Crippen molar-refractivity contribution in [2.75, 3.05) is 0 Å². The standard InChI is InChI=1S/C21H18N4O3/c1-12-6-15(11-22-10-12)21-23-20(24-28-21)14-3-2-13-7-16-4-5-17(9-19(26)27)25(16)18(13)8-14/h2-3,6-8,10-11,17H,4-5,9H2,1H3,(H,26,27). The average Bonchev–Trinajstić information content (AvgIpc) is 3.37. The van der Waals surface area contributed by atoms with Gasteiger partial charge < -0.3 is 14.2 Å². The van der Waals surface area contributed by atoms with E-state index in [4.69, 9.17) is 4.52 Å². The van der Waals surface area contributed by atoms with Crippen LogP contribution >= 0.6 is 0 Å². The van der Waals surface area contributed by atoms with E-state index in [1.807, 2.05) is 31.2 Å². The number of carbonyl (C=O) groups is 1. The zero-order valence-electron chi connectivity index (χ0n) is 15.3. The number of carboxylic acids is 1. The van der Waals surface area contributed by atoms with Gasteiger partial charge >= 0.3 is 5.97 Å². The molecular weight excluding hydrogens is 356 g/mol. The fraction of sp³-hybridized carbons (Fsp3) is 0.238. The smallest absolute Gasteiger partial charge is 0.305 e. The SMILES string of the molecule is Cc1cncc(-c2nc(-c3ccc4cc5n(c4c3)C(CC(=O)O)CC5)no2)c1. The molecule has 7 heteroatoms. The summed E-state index contributed by atoms with van der Waals surface area (Å²) >= 11 is 0. The molecule has 1 aliphatic heterocycles. The topological polar surface area (TPSA) is 94.0 Å². The largest absolute Gasteiger partial charge is 0.481 e. The molecule has 0 fully saturated rings. The molecule has 7 nitrogen and oxygen atoms in total. The number of hydrogen-bond donors (Lipinski definition) is 1. The van der Waals surface area contributed by atoms with Gasteiger partial charge in [0.2, 0.25) is 5.82 Å². The van der Waals surface area contributed by atoms with Crippen LogP contribution in [-0.4, -0.2) is 30.8 Å². The number of fused-ring (bicyclic) bond motifs is 3. The molecule has 1 unspecified atom stereocenters. The second-order valence-corrected chi connectivity index (χ2v) is 7.24. The van der Waals surface area contributed by atoms with Gasteiger partial charge in [-0.15, -0.1) is 0 Å². The molecule has 0 amide bonds. The third-order valence-electron chi connectivity index (χ3n) is 5.24. The molecule has 5 rings (SSSR count). The molecule has 0 saturated heterocycles. The molecule has 0 aliphatic carbocycles. The summed E-state index contributed by atoms with van der Waals surface area (Å²) in [5, 5.41) is 14.4. The number of nitrogens with zero attached hydrogens (tertiary/aromatic N) is 4. The van der Waals surface area contributed by atoms with Crippen LogP contribution in [-0.2, 0) is 11.2 Å². The summed E-state index contributed by atoms with van der Waals surface area (Å²) in [6, 6.07) is 10.1. The molecule has 28 heavy (non-hydrogen) atoms. The number of aliphatic carboxylic acids is 1. The number of pyridine rings is 1. The quantitative estimate of drug-likeness (QED) is 0.580. The second kappa shape index (κ2) is 6.30. The maximum Gasteiger partial charge on any atom is 0.305 e.